The Morgan fingerprint density at radius 1 is 1.20 bits per heavy atom. The maximum atomic E-state index is 11.8. The second kappa shape index (κ2) is 7.73. The standard InChI is InChI=1S/C15H15N3O6S/c16-25(22,23)10-11-4-6-12(7-5-11)17-15(19)9-24-14-3-1-2-13(8-14)18(20)21/h1-8H,9-10H2,(H,17,19)(H2,16,22,23). The van der Waals surface area contributed by atoms with E-state index in [1.54, 1.807) is 0 Å². The molecule has 0 aliphatic carbocycles. The van der Waals surface area contributed by atoms with E-state index >= 15 is 0 Å². The molecular formula is C15H15N3O6S. The largest absolute Gasteiger partial charge is 0.484 e. The van der Waals surface area contributed by atoms with Gasteiger partial charge in [-0.1, -0.05) is 18.2 Å². The van der Waals surface area contributed by atoms with Gasteiger partial charge in [0.25, 0.3) is 11.6 Å². The Morgan fingerprint density at radius 2 is 1.88 bits per heavy atom. The van der Waals surface area contributed by atoms with E-state index in [0.717, 1.165) is 0 Å². The zero-order valence-electron chi connectivity index (χ0n) is 12.9. The lowest BCUT2D eigenvalue weighted by Gasteiger charge is -2.08. The van der Waals surface area contributed by atoms with Crippen LogP contribution in [0.1, 0.15) is 5.56 Å². The van der Waals surface area contributed by atoms with Crippen molar-refractivity contribution in [3.8, 4) is 5.75 Å². The number of primary sulfonamides is 1. The first kappa shape index (κ1) is 18.4. The number of nitro groups is 1. The van der Waals surface area contributed by atoms with Crippen LogP contribution >= 0.6 is 0 Å². The van der Waals surface area contributed by atoms with Crippen molar-refractivity contribution < 1.29 is 22.9 Å². The minimum Gasteiger partial charge on any atom is -0.484 e. The minimum absolute atomic E-state index is 0.136. The monoisotopic (exact) mass is 365 g/mol. The number of carbonyl (C=O) groups is 1. The second-order valence-corrected chi connectivity index (χ2v) is 6.71. The summed E-state index contributed by atoms with van der Waals surface area (Å²) >= 11 is 0. The van der Waals surface area contributed by atoms with Crippen LogP contribution in [0, 0.1) is 10.1 Å². The predicted octanol–water partition coefficient (Wildman–Crippen LogP) is 1.40. The van der Waals surface area contributed by atoms with Gasteiger partial charge in [-0.25, -0.2) is 13.6 Å². The van der Waals surface area contributed by atoms with Gasteiger partial charge in [0, 0.05) is 11.8 Å². The zero-order valence-corrected chi connectivity index (χ0v) is 13.7. The highest BCUT2D eigenvalue weighted by atomic mass is 32.2. The lowest BCUT2D eigenvalue weighted by Crippen LogP contribution is -2.20. The minimum atomic E-state index is -3.62. The quantitative estimate of drug-likeness (QED) is 0.561. The third kappa shape index (κ3) is 6.20. The van der Waals surface area contributed by atoms with Crippen molar-refractivity contribution in [2.45, 2.75) is 5.75 Å². The van der Waals surface area contributed by atoms with E-state index in [1.165, 1.54) is 48.5 Å². The molecule has 0 spiro atoms. The summed E-state index contributed by atoms with van der Waals surface area (Å²) in [5.41, 5.74) is 0.808. The van der Waals surface area contributed by atoms with E-state index < -0.39 is 20.9 Å². The maximum absolute atomic E-state index is 11.8. The number of anilines is 1. The number of amides is 1. The van der Waals surface area contributed by atoms with Crippen molar-refractivity contribution >= 4 is 27.3 Å². The molecule has 0 saturated heterocycles. The lowest BCUT2D eigenvalue weighted by atomic mass is 10.2. The number of benzene rings is 2. The summed E-state index contributed by atoms with van der Waals surface area (Å²) in [7, 11) is -3.62. The van der Waals surface area contributed by atoms with Gasteiger partial charge >= 0.3 is 0 Å². The summed E-state index contributed by atoms with van der Waals surface area (Å²) < 4.78 is 27.2. The molecule has 3 N–H and O–H groups in total. The van der Waals surface area contributed by atoms with E-state index in [1.807, 2.05) is 0 Å². The summed E-state index contributed by atoms with van der Waals surface area (Å²) in [4.78, 5) is 21.9. The number of hydrogen-bond acceptors (Lipinski definition) is 6. The van der Waals surface area contributed by atoms with E-state index in [0.29, 0.717) is 11.3 Å². The number of sulfonamides is 1. The highest BCUT2D eigenvalue weighted by molar-refractivity contribution is 7.88. The van der Waals surface area contributed by atoms with Crippen LogP contribution in [-0.4, -0.2) is 25.9 Å². The van der Waals surface area contributed by atoms with Gasteiger partial charge in [0.2, 0.25) is 10.0 Å². The second-order valence-electron chi connectivity index (χ2n) is 5.10. The molecule has 0 fully saturated rings. The van der Waals surface area contributed by atoms with Gasteiger partial charge in [0.15, 0.2) is 6.61 Å². The van der Waals surface area contributed by atoms with Crippen LogP contribution in [0.15, 0.2) is 48.5 Å². The molecule has 0 bridgehead atoms. The van der Waals surface area contributed by atoms with Crippen molar-refractivity contribution in [3.05, 3.63) is 64.2 Å². The first-order chi connectivity index (χ1) is 11.7. The SMILES string of the molecule is NS(=O)(=O)Cc1ccc(NC(=O)COc2cccc([N+](=O)[O-])c2)cc1. The number of hydrogen-bond donors (Lipinski definition) is 2. The molecule has 132 valence electrons. The van der Waals surface area contributed by atoms with Crippen molar-refractivity contribution in [3.63, 3.8) is 0 Å². The number of nitrogens with zero attached hydrogens (tertiary/aromatic N) is 1. The number of ether oxygens (including phenoxy) is 1. The first-order valence-corrected chi connectivity index (χ1v) is 8.71. The van der Waals surface area contributed by atoms with Crippen LogP contribution in [0.25, 0.3) is 0 Å². The molecule has 0 aliphatic heterocycles. The van der Waals surface area contributed by atoms with Gasteiger partial charge in [0.05, 0.1) is 16.7 Å². The van der Waals surface area contributed by atoms with Crippen LogP contribution in [0.4, 0.5) is 11.4 Å². The van der Waals surface area contributed by atoms with E-state index in [9.17, 15) is 23.3 Å². The Morgan fingerprint density at radius 3 is 2.48 bits per heavy atom. The van der Waals surface area contributed by atoms with Crippen LogP contribution in [-0.2, 0) is 20.6 Å². The summed E-state index contributed by atoms with van der Waals surface area (Å²) in [5, 5.41) is 18.2. The lowest BCUT2D eigenvalue weighted by molar-refractivity contribution is -0.384. The van der Waals surface area contributed by atoms with Gasteiger partial charge in [-0.2, -0.15) is 0 Å². The average molecular weight is 365 g/mol. The third-order valence-corrected chi connectivity index (χ3v) is 3.74. The Labute approximate surface area is 143 Å². The summed E-state index contributed by atoms with van der Waals surface area (Å²) in [6.45, 7) is -0.333. The highest BCUT2D eigenvalue weighted by Gasteiger charge is 2.09. The molecule has 0 heterocycles. The van der Waals surface area contributed by atoms with E-state index in [2.05, 4.69) is 5.32 Å². The Balaban J connectivity index is 1.90. The molecule has 0 radical (unpaired) electrons. The molecule has 2 rings (SSSR count). The van der Waals surface area contributed by atoms with Crippen LogP contribution < -0.4 is 15.2 Å². The number of nitrogens with one attached hydrogen (secondary N) is 1. The molecule has 1 amide bonds. The molecule has 2 aromatic carbocycles. The number of rotatable bonds is 7. The number of carbonyl (C=O) groups excluding carboxylic acids is 1. The Hall–Kier alpha value is -2.98. The number of nitrogens with two attached hydrogens (primary N) is 1. The van der Waals surface area contributed by atoms with Crippen LogP contribution in [0.5, 0.6) is 5.75 Å². The summed E-state index contributed by atoms with van der Waals surface area (Å²) in [6, 6.07) is 11.6. The van der Waals surface area contributed by atoms with Crippen LogP contribution in [0.2, 0.25) is 0 Å². The normalized spacial score (nSPS) is 10.9. The smallest absolute Gasteiger partial charge is 0.273 e. The third-order valence-electron chi connectivity index (χ3n) is 3.00. The Bertz CT molecular complexity index is 880. The fourth-order valence-electron chi connectivity index (χ4n) is 1.95. The zero-order chi connectivity index (χ0) is 18.4. The van der Waals surface area contributed by atoms with Crippen molar-refractivity contribution in [1.29, 1.82) is 0 Å². The van der Waals surface area contributed by atoms with Gasteiger partial charge in [0.1, 0.15) is 5.75 Å². The van der Waals surface area contributed by atoms with Gasteiger partial charge in [-0.05, 0) is 23.8 Å². The van der Waals surface area contributed by atoms with E-state index in [-0.39, 0.29) is 23.8 Å². The molecular weight excluding hydrogens is 350 g/mol. The van der Waals surface area contributed by atoms with Crippen molar-refractivity contribution in [2.75, 3.05) is 11.9 Å². The van der Waals surface area contributed by atoms with E-state index in [4.69, 9.17) is 9.88 Å². The molecule has 9 nitrogen and oxygen atoms in total. The van der Waals surface area contributed by atoms with Gasteiger partial charge in [-0.15, -0.1) is 0 Å². The van der Waals surface area contributed by atoms with Gasteiger partial charge < -0.3 is 10.1 Å². The predicted molar refractivity (Wildman–Crippen MR) is 90.5 cm³/mol. The van der Waals surface area contributed by atoms with Crippen molar-refractivity contribution in [1.82, 2.24) is 0 Å². The molecule has 0 saturated carbocycles. The van der Waals surface area contributed by atoms with Crippen LogP contribution in [0.3, 0.4) is 0 Å². The van der Waals surface area contributed by atoms with Gasteiger partial charge in [-0.3, -0.25) is 14.9 Å². The molecule has 2 aromatic rings. The first-order valence-electron chi connectivity index (χ1n) is 6.99. The molecule has 0 aliphatic rings. The fourth-order valence-corrected chi connectivity index (χ4v) is 2.61. The molecule has 0 unspecified atom stereocenters. The number of non-ortho nitro benzene ring substituents is 1. The average Bonchev–Trinajstić information content (AvgIpc) is 2.54. The fraction of sp³-hybridized carbons (Fsp3) is 0.133. The topological polar surface area (TPSA) is 142 Å². The maximum Gasteiger partial charge on any atom is 0.273 e. The molecule has 10 heteroatoms. The Kier molecular flexibility index (Phi) is 5.67. The summed E-state index contributed by atoms with van der Waals surface area (Å²) in [5.74, 6) is -0.560. The molecule has 0 atom stereocenters. The van der Waals surface area contributed by atoms with Crippen molar-refractivity contribution in [2.24, 2.45) is 5.14 Å². The summed E-state index contributed by atoms with van der Waals surface area (Å²) in [6.07, 6.45) is 0. The molecule has 25 heavy (non-hydrogen) atoms. The molecule has 0 aromatic heterocycles. The number of nitro benzene ring substituents is 1. The highest BCUT2D eigenvalue weighted by Crippen LogP contribution is 2.19.